The highest BCUT2D eigenvalue weighted by molar-refractivity contribution is 7.23. The van der Waals surface area contributed by atoms with Gasteiger partial charge in [0.25, 0.3) is 0 Å². The Balaban J connectivity index is 1.43. The van der Waals surface area contributed by atoms with Gasteiger partial charge in [0.05, 0.1) is 16.8 Å². The number of nitrogen functional groups attached to an aromatic ring is 1. The minimum atomic E-state index is 0.00129. The van der Waals surface area contributed by atoms with Gasteiger partial charge in [-0.1, -0.05) is 6.07 Å². The number of hydrogen-bond acceptors (Lipinski definition) is 9. The Morgan fingerprint density at radius 1 is 1.20 bits per heavy atom. The smallest absolute Gasteiger partial charge is 0.226 e. The topological polar surface area (TPSA) is 114 Å². The van der Waals surface area contributed by atoms with Gasteiger partial charge in [-0.25, -0.2) is 9.97 Å². The zero-order chi connectivity index (χ0) is 24.2. The number of methoxy groups -OCH3 is 1. The predicted molar refractivity (Wildman–Crippen MR) is 144 cm³/mol. The fourth-order valence-electron chi connectivity index (χ4n) is 4.18. The normalized spacial score (nSPS) is 13.2. The van der Waals surface area contributed by atoms with E-state index in [0.29, 0.717) is 25.4 Å². The Morgan fingerprint density at radius 2 is 2.09 bits per heavy atom. The number of fused-ring (bicyclic) bond motifs is 2. The van der Waals surface area contributed by atoms with Crippen LogP contribution >= 0.6 is 22.7 Å². The molecule has 10 heteroatoms. The second kappa shape index (κ2) is 10.8. The van der Waals surface area contributed by atoms with E-state index in [2.05, 4.69) is 33.1 Å². The van der Waals surface area contributed by atoms with E-state index in [4.69, 9.17) is 15.5 Å². The van der Waals surface area contributed by atoms with Crippen molar-refractivity contribution in [2.24, 2.45) is 0 Å². The molecule has 0 spiro atoms. The number of carbonyl (C=O) groups is 1. The molecule has 0 aliphatic carbocycles. The molecule has 3 aromatic heterocycles. The van der Waals surface area contributed by atoms with Crippen LogP contribution < -0.4 is 21.7 Å². The highest BCUT2D eigenvalue weighted by atomic mass is 32.1. The first-order chi connectivity index (χ1) is 17.1. The van der Waals surface area contributed by atoms with Crippen LogP contribution in [0, 0.1) is 0 Å². The lowest BCUT2D eigenvalue weighted by molar-refractivity contribution is -0.116. The fourth-order valence-corrected chi connectivity index (χ4v) is 6.56. The van der Waals surface area contributed by atoms with Crippen molar-refractivity contribution in [1.29, 1.82) is 0 Å². The molecule has 0 saturated carbocycles. The Kier molecular flexibility index (Phi) is 7.35. The molecular weight excluding hydrogens is 480 g/mol. The van der Waals surface area contributed by atoms with Crippen LogP contribution in [0.3, 0.4) is 0 Å². The number of ether oxygens (including phenoxy) is 1. The summed E-state index contributed by atoms with van der Waals surface area (Å²) < 4.78 is 6.14. The molecule has 0 radical (unpaired) electrons. The summed E-state index contributed by atoms with van der Waals surface area (Å²) in [7, 11) is 1.67. The first-order valence-electron chi connectivity index (χ1n) is 11.6. The molecule has 0 bridgehead atoms. The molecule has 182 valence electrons. The highest BCUT2D eigenvalue weighted by Gasteiger charge is 2.25. The number of amides is 1. The number of thiophene rings is 1. The van der Waals surface area contributed by atoms with E-state index in [0.717, 1.165) is 63.0 Å². The third-order valence-corrected chi connectivity index (χ3v) is 8.09. The number of pyridine rings is 1. The van der Waals surface area contributed by atoms with Crippen molar-refractivity contribution in [2.45, 2.75) is 19.4 Å². The molecule has 1 aliphatic rings. The van der Waals surface area contributed by atoms with E-state index >= 15 is 0 Å². The van der Waals surface area contributed by atoms with Crippen molar-refractivity contribution < 1.29 is 9.53 Å². The molecule has 0 unspecified atom stereocenters. The van der Waals surface area contributed by atoms with Crippen molar-refractivity contribution in [3.05, 3.63) is 47.0 Å². The lowest BCUT2D eigenvalue weighted by Gasteiger charge is -2.13. The Bertz CT molecular complexity index is 1350. The van der Waals surface area contributed by atoms with Crippen LogP contribution in [0.5, 0.6) is 0 Å². The maximum atomic E-state index is 12.7. The average Bonchev–Trinajstić information content (AvgIpc) is 3.43. The van der Waals surface area contributed by atoms with E-state index in [9.17, 15) is 4.79 Å². The van der Waals surface area contributed by atoms with E-state index in [1.54, 1.807) is 36.0 Å². The first-order valence-corrected chi connectivity index (χ1v) is 13.2. The van der Waals surface area contributed by atoms with E-state index in [1.165, 1.54) is 10.4 Å². The SMILES string of the molecule is COCCNCCC(=O)Nc1sc2c(c1-c1nc3ccc(-c4ccnc(N)c4)cc3s1)CCNC2. The van der Waals surface area contributed by atoms with Crippen LogP contribution in [-0.2, 0) is 22.5 Å². The summed E-state index contributed by atoms with van der Waals surface area (Å²) in [5.74, 6) is 0.502. The maximum absolute atomic E-state index is 12.7. The van der Waals surface area contributed by atoms with E-state index < -0.39 is 0 Å². The average molecular weight is 509 g/mol. The summed E-state index contributed by atoms with van der Waals surface area (Å²) in [4.78, 5) is 23.1. The Morgan fingerprint density at radius 3 is 2.94 bits per heavy atom. The number of carbonyl (C=O) groups excluding carboxylic acids is 1. The molecule has 8 nitrogen and oxygen atoms in total. The number of rotatable bonds is 9. The van der Waals surface area contributed by atoms with Crippen molar-refractivity contribution in [2.75, 3.05) is 44.4 Å². The van der Waals surface area contributed by atoms with Gasteiger partial charge in [0, 0.05) is 49.8 Å². The van der Waals surface area contributed by atoms with Crippen LogP contribution in [0.15, 0.2) is 36.5 Å². The monoisotopic (exact) mass is 508 g/mol. The van der Waals surface area contributed by atoms with Crippen LogP contribution in [0.1, 0.15) is 16.9 Å². The number of nitrogens with two attached hydrogens (primary N) is 1. The number of aromatic nitrogens is 2. The lowest BCUT2D eigenvalue weighted by atomic mass is 10.0. The number of anilines is 2. The van der Waals surface area contributed by atoms with Gasteiger partial charge < -0.3 is 26.4 Å². The minimum absolute atomic E-state index is 0.00129. The minimum Gasteiger partial charge on any atom is -0.384 e. The number of nitrogens with zero attached hydrogens (tertiary/aromatic N) is 2. The summed E-state index contributed by atoms with van der Waals surface area (Å²) in [6.45, 7) is 3.71. The van der Waals surface area contributed by atoms with Gasteiger partial charge in [-0.05, 0) is 53.9 Å². The summed E-state index contributed by atoms with van der Waals surface area (Å²) in [6, 6.07) is 10.1. The van der Waals surface area contributed by atoms with Crippen LogP contribution in [-0.4, -0.2) is 49.2 Å². The van der Waals surface area contributed by atoms with Gasteiger partial charge in [-0.15, -0.1) is 22.7 Å². The molecule has 4 aromatic rings. The van der Waals surface area contributed by atoms with Gasteiger partial charge in [0.15, 0.2) is 0 Å². The maximum Gasteiger partial charge on any atom is 0.226 e. The molecule has 1 amide bonds. The van der Waals surface area contributed by atoms with Crippen molar-refractivity contribution in [3.8, 4) is 21.7 Å². The van der Waals surface area contributed by atoms with Crippen LogP contribution in [0.2, 0.25) is 0 Å². The lowest BCUT2D eigenvalue weighted by Crippen LogP contribution is -2.24. The van der Waals surface area contributed by atoms with Crippen molar-refractivity contribution >= 4 is 49.6 Å². The van der Waals surface area contributed by atoms with Crippen molar-refractivity contribution in [3.63, 3.8) is 0 Å². The molecule has 0 fully saturated rings. The van der Waals surface area contributed by atoms with Crippen molar-refractivity contribution in [1.82, 2.24) is 20.6 Å². The molecule has 4 heterocycles. The van der Waals surface area contributed by atoms with Gasteiger partial charge in [-0.3, -0.25) is 4.79 Å². The number of hydrogen-bond donors (Lipinski definition) is 4. The molecule has 1 aliphatic heterocycles. The predicted octanol–water partition coefficient (Wildman–Crippen LogP) is 3.88. The standard InChI is InChI=1S/C25H28N6O2S2/c1-33-11-10-27-8-6-22(32)31-25-23(17-5-7-28-14-20(17)35-25)24-30-18-3-2-15(12-19(18)34-24)16-4-9-29-21(26)13-16/h2-4,9,12-13,27-28H,5-8,10-11,14H2,1H3,(H2,26,29)(H,31,32). The number of nitrogens with one attached hydrogen (secondary N) is 3. The number of thiazole rings is 1. The zero-order valence-corrected chi connectivity index (χ0v) is 21.2. The van der Waals surface area contributed by atoms with E-state index in [-0.39, 0.29) is 5.91 Å². The van der Waals surface area contributed by atoms with Crippen LogP contribution in [0.4, 0.5) is 10.8 Å². The summed E-state index contributed by atoms with van der Waals surface area (Å²) in [6.07, 6.45) is 3.05. The Hall–Kier alpha value is -2.89. The second-order valence-electron chi connectivity index (χ2n) is 8.35. The molecular formula is C25H28N6O2S2. The van der Waals surface area contributed by atoms with Crippen LogP contribution in [0.25, 0.3) is 31.9 Å². The third-order valence-electron chi connectivity index (χ3n) is 5.91. The number of benzene rings is 1. The zero-order valence-electron chi connectivity index (χ0n) is 19.5. The van der Waals surface area contributed by atoms with Gasteiger partial charge in [-0.2, -0.15) is 0 Å². The Labute approximate surface area is 211 Å². The van der Waals surface area contributed by atoms with Gasteiger partial charge in [0.1, 0.15) is 15.8 Å². The fraction of sp³-hybridized carbons (Fsp3) is 0.320. The highest BCUT2D eigenvalue weighted by Crippen LogP contribution is 2.45. The molecule has 0 saturated heterocycles. The quantitative estimate of drug-likeness (QED) is 0.254. The molecule has 5 rings (SSSR count). The molecule has 5 N–H and O–H groups in total. The molecule has 0 atom stereocenters. The summed E-state index contributed by atoms with van der Waals surface area (Å²) in [5.41, 5.74) is 11.3. The van der Waals surface area contributed by atoms with Gasteiger partial charge >= 0.3 is 0 Å². The van der Waals surface area contributed by atoms with E-state index in [1.807, 2.05) is 18.2 Å². The van der Waals surface area contributed by atoms with Gasteiger partial charge in [0.2, 0.25) is 5.91 Å². The largest absolute Gasteiger partial charge is 0.384 e. The summed E-state index contributed by atoms with van der Waals surface area (Å²) >= 11 is 3.31. The third kappa shape index (κ3) is 5.36. The first kappa shape index (κ1) is 23.8. The summed E-state index contributed by atoms with van der Waals surface area (Å²) in [5, 5.41) is 11.7. The molecule has 1 aromatic carbocycles. The molecule has 35 heavy (non-hydrogen) atoms. The second-order valence-corrected chi connectivity index (χ2v) is 10.5.